The van der Waals surface area contributed by atoms with Gasteiger partial charge in [-0.1, -0.05) is 60.7 Å². The van der Waals surface area contributed by atoms with E-state index in [0.717, 1.165) is 31.9 Å². The van der Waals surface area contributed by atoms with Crippen molar-refractivity contribution >= 4 is 17.9 Å². The molecule has 0 aromatic heterocycles. The minimum atomic E-state index is -1.32. The van der Waals surface area contributed by atoms with Crippen LogP contribution in [0.5, 0.6) is 0 Å². The van der Waals surface area contributed by atoms with E-state index in [9.17, 15) is 24.6 Å². The Morgan fingerprint density at radius 1 is 0.638 bits per heavy atom. The van der Waals surface area contributed by atoms with Crippen LogP contribution in [0, 0.1) is 0 Å². The van der Waals surface area contributed by atoms with Crippen LogP contribution in [0.15, 0.2) is 60.7 Å². The van der Waals surface area contributed by atoms with Gasteiger partial charge in [-0.15, -0.1) is 0 Å². The minimum Gasteiger partial charge on any atom is -0.456 e. The number of hydrogen-bond donors (Lipinski definition) is 2. The molecule has 2 aromatic rings. The van der Waals surface area contributed by atoms with E-state index in [0.29, 0.717) is 0 Å². The average Bonchev–Trinajstić information content (AvgIpc) is 3.05. The first-order valence-electron chi connectivity index (χ1n) is 15.2. The molecule has 2 aliphatic rings. The maximum atomic E-state index is 12.2. The van der Waals surface area contributed by atoms with Crippen LogP contribution in [0.3, 0.4) is 0 Å². The molecule has 2 N–H and O–H groups in total. The van der Waals surface area contributed by atoms with Gasteiger partial charge in [-0.3, -0.25) is 14.4 Å². The molecule has 2 heterocycles. The van der Waals surface area contributed by atoms with Crippen molar-refractivity contribution < 1.29 is 67.2 Å². The van der Waals surface area contributed by atoms with Gasteiger partial charge in [-0.25, -0.2) is 0 Å². The molecule has 0 radical (unpaired) electrons. The molecule has 4 unspecified atom stereocenters. The summed E-state index contributed by atoms with van der Waals surface area (Å²) in [5, 5.41) is 21.3. The fourth-order valence-corrected chi connectivity index (χ4v) is 5.44. The third-order valence-corrected chi connectivity index (χ3v) is 7.52. The molecule has 0 saturated carbocycles. The second kappa shape index (κ2) is 17.6. The highest BCUT2D eigenvalue weighted by Gasteiger charge is 2.53. The number of carbonyl (C=O) groups is 3. The Morgan fingerprint density at radius 3 is 1.64 bits per heavy atom. The van der Waals surface area contributed by atoms with E-state index in [1.54, 1.807) is 0 Å². The van der Waals surface area contributed by atoms with Gasteiger partial charge in [0.25, 0.3) is 0 Å². The Kier molecular flexibility index (Phi) is 13.6. The molecule has 2 aliphatic heterocycles. The predicted molar refractivity (Wildman–Crippen MR) is 160 cm³/mol. The third kappa shape index (κ3) is 10.0. The zero-order valence-electron chi connectivity index (χ0n) is 26.7. The lowest BCUT2D eigenvalue weighted by atomic mass is 9.97. The summed E-state index contributed by atoms with van der Waals surface area (Å²) in [6.07, 6.45) is -12.0. The number of hydrogen-bond acceptors (Lipinski definition) is 14. The number of methoxy groups -OCH3 is 1. The van der Waals surface area contributed by atoms with Gasteiger partial charge in [0.15, 0.2) is 30.9 Å². The summed E-state index contributed by atoms with van der Waals surface area (Å²) in [5.74, 6) is -2.17. The van der Waals surface area contributed by atoms with Gasteiger partial charge in [-0.2, -0.15) is 0 Å². The van der Waals surface area contributed by atoms with E-state index in [1.165, 1.54) is 7.11 Å². The normalized spacial score (nSPS) is 30.7. The maximum Gasteiger partial charge on any atom is 0.303 e. The van der Waals surface area contributed by atoms with Crippen molar-refractivity contribution in [3.05, 3.63) is 71.8 Å². The smallest absolute Gasteiger partial charge is 0.303 e. The number of aliphatic hydroxyl groups excluding tert-OH is 2. The molecule has 2 aromatic carbocycles. The highest BCUT2D eigenvalue weighted by atomic mass is 16.8. The number of esters is 3. The first kappa shape index (κ1) is 36.4. The summed E-state index contributed by atoms with van der Waals surface area (Å²) in [7, 11) is 1.30. The Balaban J connectivity index is 1.61. The van der Waals surface area contributed by atoms with Crippen molar-refractivity contribution in [2.45, 2.75) is 95.4 Å². The van der Waals surface area contributed by atoms with E-state index >= 15 is 0 Å². The third-order valence-electron chi connectivity index (χ3n) is 7.52. The van der Waals surface area contributed by atoms with Crippen molar-refractivity contribution in [2.75, 3.05) is 20.3 Å². The van der Waals surface area contributed by atoms with Gasteiger partial charge in [0.2, 0.25) is 0 Å². The van der Waals surface area contributed by atoms with Crippen LogP contribution in [0.1, 0.15) is 31.9 Å². The fourth-order valence-electron chi connectivity index (χ4n) is 5.44. The molecule has 10 atom stereocenters. The highest BCUT2D eigenvalue weighted by Crippen LogP contribution is 2.32. The minimum absolute atomic E-state index is 0.108. The van der Waals surface area contributed by atoms with Crippen molar-refractivity contribution in [1.29, 1.82) is 0 Å². The molecule has 0 bridgehead atoms. The Morgan fingerprint density at radius 2 is 1.13 bits per heavy atom. The molecule has 2 fully saturated rings. The summed E-state index contributed by atoms with van der Waals surface area (Å²) in [6.45, 7) is 2.79. The predicted octanol–water partition coefficient (Wildman–Crippen LogP) is 1.42. The van der Waals surface area contributed by atoms with E-state index in [2.05, 4.69) is 0 Å². The van der Waals surface area contributed by atoms with Gasteiger partial charge < -0.3 is 52.8 Å². The van der Waals surface area contributed by atoms with Gasteiger partial charge in [0.1, 0.15) is 30.5 Å². The monoisotopic (exact) mass is 662 g/mol. The SMILES string of the molecule is CO[C@@H]1OC(CO[C@@H]2OC(CO)[C@H](O)[C@H](OCc3ccccc3)C2OCc2ccccc2)[C@H](OC(C)=O)[C@H](OC(C)=O)C1OC(C)=O. The molecule has 2 saturated heterocycles. The number of carbonyl (C=O) groups excluding carboxylic acids is 3. The van der Waals surface area contributed by atoms with Crippen LogP contribution in [0.4, 0.5) is 0 Å². The Labute approximate surface area is 272 Å². The van der Waals surface area contributed by atoms with Crippen molar-refractivity contribution in [3.8, 4) is 0 Å². The van der Waals surface area contributed by atoms with Crippen LogP contribution in [-0.2, 0) is 70.2 Å². The van der Waals surface area contributed by atoms with Crippen molar-refractivity contribution in [1.82, 2.24) is 0 Å². The van der Waals surface area contributed by atoms with E-state index in [4.69, 9.17) is 42.6 Å². The van der Waals surface area contributed by atoms with Gasteiger partial charge in [-0.05, 0) is 11.1 Å². The lowest BCUT2D eigenvalue weighted by molar-refractivity contribution is -0.339. The lowest BCUT2D eigenvalue weighted by Crippen LogP contribution is -2.64. The van der Waals surface area contributed by atoms with Crippen LogP contribution < -0.4 is 0 Å². The molecular weight excluding hydrogens is 620 g/mol. The number of ether oxygens (including phenoxy) is 9. The Hall–Kier alpha value is -3.47. The fraction of sp³-hybridized carbons (Fsp3) is 0.545. The molecule has 0 aliphatic carbocycles. The van der Waals surface area contributed by atoms with Crippen LogP contribution >= 0.6 is 0 Å². The van der Waals surface area contributed by atoms with Gasteiger partial charge in [0.05, 0.1) is 26.4 Å². The second-order valence-corrected chi connectivity index (χ2v) is 11.1. The zero-order chi connectivity index (χ0) is 33.9. The van der Waals surface area contributed by atoms with Crippen LogP contribution in [-0.4, -0.2) is 110 Å². The Bertz CT molecular complexity index is 1280. The molecule has 0 spiro atoms. The summed E-state index contributed by atoms with van der Waals surface area (Å²) in [5.41, 5.74) is 1.68. The number of rotatable bonds is 14. The maximum absolute atomic E-state index is 12.2. The summed E-state index contributed by atoms with van der Waals surface area (Å²) in [4.78, 5) is 36.2. The molecule has 14 heteroatoms. The first-order chi connectivity index (χ1) is 22.6. The standard InChI is InChI=1S/C33H42O14/c1-19(35)43-27-25(47-32(39-4)31(45-21(3)37)29(27)44-20(2)36)18-42-33-30(41-17-23-13-9-6-10-14-23)28(26(38)24(15-34)46-33)40-16-22-11-7-5-8-12-22/h5-14,24-34,38H,15-18H2,1-4H3/t24?,25?,26-,27-,28-,29-,30?,31?,32+,33+/m0/s1. The van der Waals surface area contributed by atoms with Crippen molar-refractivity contribution in [2.24, 2.45) is 0 Å². The summed E-state index contributed by atoms with van der Waals surface area (Å²) in [6, 6.07) is 18.6. The molecule has 14 nitrogen and oxygen atoms in total. The van der Waals surface area contributed by atoms with Gasteiger partial charge >= 0.3 is 17.9 Å². The molecule has 0 amide bonds. The molecular formula is C33H42O14. The van der Waals surface area contributed by atoms with Crippen LogP contribution in [0.2, 0.25) is 0 Å². The molecule has 4 rings (SSSR count). The average molecular weight is 663 g/mol. The van der Waals surface area contributed by atoms with E-state index in [-0.39, 0.29) is 19.8 Å². The zero-order valence-corrected chi connectivity index (χ0v) is 26.7. The largest absolute Gasteiger partial charge is 0.456 e. The summed E-state index contributed by atoms with van der Waals surface area (Å²) >= 11 is 0. The summed E-state index contributed by atoms with van der Waals surface area (Å²) < 4.78 is 52.4. The van der Waals surface area contributed by atoms with Gasteiger partial charge in [0, 0.05) is 27.9 Å². The second-order valence-electron chi connectivity index (χ2n) is 11.1. The quantitative estimate of drug-likeness (QED) is 0.219. The van der Waals surface area contributed by atoms with E-state index in [1.807, 2.05) is 60.7 Å². The molecule has 47 heavy (non-hydrogen) atoms. The first-order valence-corrected chi connectivity index (χ1v) is 15.2. The molecule has 258 valence electrons. The van der Waals surface area contributed by atoms with E-state index < -0.39 is 85.9 Å². The topological polar surface area (TPSA) is 175 Å². The lowest BCUT2D eigenvalue weighted by Gasteiger charge is -2.46. The number of aliphatic hydroxyl groups is 2. The highest BCUT2D eigenvalue weighted by molar-refractivity contribution is 5.68. The van der Waals surface area contributed by atoms with Crippen molar-refractivity contribution in [3.63, 3.8) is 0 Å². The number of benzene rings is 2. The van der Waals surface area contributed by atoms with Crippen LogP contribution in [0.25, 0.3) is 0 Å².